The van der Waals surface area contributed by atoms with Crippen LogP contribution >= 0.6 is 27.7 Å². The van der Waals surface area contributed by atoms with E-state index in [2.05, 4.69) is 15.9 Å². The molecule has 0 aliphatic carbocycles. The molecule has 0 amide bonds. The van der Waals surface area contributed by atoms with Crippen LogP contribution in [-0.4, -0.2) is 4.75 Å². The van der Waals surface area contributed by atoms with Crippen molar-refractivity contribution in [1.29, 1.82) is 0 Å². The molecule has 5 heteroatoms. The summed E-state index contributed by atoms with van der Waals surface area (Å²) in [5, 5.41) is 0. The first-order chi connectivity index (χ1) is 7.52. The van der Waals surface area contributed by atoms with Crippen LogP contribution in [0.3, 0.4) is 0 Å². The number of hydrogen-bond donors (Lipinski definition) is 0. The van der Waals surface area contributed by atoms with Gasteiger partial charge in [0.2, 0.25) is 0 Å². The molecule has 17 heavy (non-hydrogen) atoms. The maximum atomic E-state index is 12.9. The molecule has 1 rings (SSSR count). The van der Waals surface area contributed by atoms with E-state index in [4.69, 9.17) is 0 Å². The van der Waals surface area contributed by atoms with Gasteiger partial charge < -0.3 is 0 Å². The predicted octanol–water partition coefficient (Wildman–Crippen LogP) is 5.67. The van der Waals surface area contributed by atoms with Crippen LogP contribution in [0, 0.1) is 6.92 Å². The Kier molecular flexibility index (Phi) is 4.24. The standard InChI is InChI=1S/C12H14BrF3S/c1-7-9(13)6-5-8(12(14,15)16)10(7)17-11(2,3)4/h5-6H,1-4H3. The van der Waals surface area contributed by atoms with E-state index in [1.165, 1.54) is 17.8 Å². The fraction of sp³-hybridized carbons (Fsp3) is 0.500. The Hall–Kier alpha value is -0.160. The second-order valence-corrected chi connectivity index (χ2v) is 7.45. The van der Waals surface area contributed by atoms with Crippen molar-refractivity contribution in [3.05, 3.63) is 27.7 Å². The number of hydrogen-bond acceptors (Lipinski definition) is 1. The highest BCUT2D eigenvalue weighted by atomic mass is 79.9. The molecular formula is C12H14BrF3S. The van der Waals surface area contributed by atoms with Gasteiger partial charge in [0.1, 0.15) is 0 Å². The van der Waals surface area contributed by atoms with Crippen molar-refractivity contribution in [1.82, 2.24) is 0 Å². The lowest BCUT2D eigenvalue weighted by molar-refractivity contribution is -0.139. The average molecular weight is 327 g/mol. The first kappa shape index (κ1) is 14.9. The van der Waals surface area contributed by atoms with Crippen LogP contribution in [0.15, 0.2) is 21.5 Å². The lowest BCUT2D eigenvalue weighted by Crippen LogP contribution is -2.13. The third kappa shape index (κ3) is 3.91. The highest BCUT2D eigenvalue weighted by Gasteiger charge is 2.35. The molecule has 96 valence electrons. The van der Waals surface area contributed by atoms with E-state index in [-0.39, 0.29) is 4.75 Å². The number of alkyl halides is 3. The number of halogens is 4. The molecule has 0 radical (unpaired) electrons. The molecule has 0 atom stereocenters. The van der Waals surface area contributed by atoms with Crippen molar-refractivity contribution in [2.24, 2.45) is 0 Å². The Morgan fingerprint density at radius 2 is 1.65 bits per heavy atom. The molecule has 0 aliphatic heterocycles. The minimum absolute atomic E-state index is 0.258. The maximum absolute atomic E-state index is 12.9. The molecule has 0 fully saturated rings. The molecule has 0 spiro atoms. The second kappa shape index (κ2) is 4.84. The van der Waals surface area contributed by atoms with Crippen LogP contribution in [0.4, 0.5) is 13.2 Å². The molecule has 0 saturated carbocycles. The molecule has 0 unspecified atom stereocenters. The summed E-state index contributed by atoms with van der Waals surface area (Å²) in [6, 6.07) is 2.58. The van der Waals surface area contributed by atoms with Gasteiger partial charge in [-0.05, 0) is 24.6 Å². The van der Waals surface area contributed by atoms with Gasteiger partial charge in [-0.2, -0.15) is 13.2 Å². The SMILES string of the molecule is Cc1c(Br)ccc(C(F)(F)F)c1SC(C)(C)C. The van der Waals surface area contributed by atoms with Crippen LogP contribution in [0.2, 0.25) is 0 Å². The second-order valence-electron chi connectivity index (χ2n) is 4.76. The number of thioether (sulfide) groups is 1. The molecule has 0 saturated heterocycles. The summed E-state index contributed by atoms with van der Waals surface area (Å²) in [7, 11) is 0. The zero-order chi connectivity index (χ0) is 13.4. The number of benzene rings is 1. The maximum Gasteiger partial charge on any atom is 0.417 e. The van der Waals surface area contributed by atoms with Crippen molar-refractivity contribution >= 4 is 27.7 Å². The fourth-order valence-electron chi connectivity index (χ4n) is 1.33. The van der Waals surface area contributed by atoms with Gasteiger partial charge in [-0.15, -0.1) is 11.8 Å². The lowest BCUT2D eigenvalue weighted by atomic mass is 10.1. The van der Waals surface area contributed by atoms with Crippen LogP contribution in [0.5, 0.6) is 0 Å². The molecule has 0 nitrogen and oxygen atoms in total. The minimum atomic E-state index is -4.31. The van der Waals surface area contributed by atoms with Gasteiger partial charge in [0.15, 0.2) is 0 Å². The fourth-order valence-corrected chi connectivity index (χ4v) is 2.96. The molecule has 0 heterocycles. The summed E-state index contributed by atoms with van der Waals surface area (Å²) < 4.78 is 39.2. The van der Waals surface area contributed by atoms with E-state index < -0.39 is 11.7 Å². The topological polar surface area (TPSA) is 0 Å². The van der Waals surface area contributed by atoms with E-state index in [1.54, 1.807) is 6.92 Å². The highest BCUT2D eigenvalue weighted by Crippen LogP contribution is 2.44. The Bertz CT molecular complexity index is 419. The van der Waals surface area contributed by atoms with Crippen LogP contribution in [-0.2, 0) is 6.18 Å². The van der Waals surface area contributed by atoms with Gasteiger partial charge in [-0.3, -0.25) is 0 Å². The van der Waals surface area contributed by atoms with E-state index in [0.29, 0.717) is 14.9 Å². The van der Waals surface area contributed by atoms with E-state index in [1.807, 2.05) is 20.8 Å². The van der Waals surface area contributed by atoms with Crippen molar-refractivity contribution in [2.45, 2.75) is 43.5 Å². The van der Waals surface area contributed by atoms with Crippen LogP contribution in [0.1, 0.15) is 31.9 Å². The van der Waals surface area contributed by atoms with E-state index in [0.717, 1.165) is 6.07 Å². The molecule has 1 aromatic rings. The highest BCUT2D eigenvalue weighted by molar-refractivity contribution is 9.10. The summed E-state index contributed by atoms with van der Waals surface area (Å²) in [6.45, 7) is 7.40. The van der Waals surface area contributed by atoms with Crippen LogP contribution in [0.25, 0.3) is 0 Å². The van der Waals surface area contributed by atoms with Gasteiger partial charge in [-0.25, -0.2) is 0 Å². The third-order valence-corrected chi connectivity index (χ3v) is 4.26. The molecule has 0 aromatic heterocycles. The zero-order valence-corrected chi connectivity index (χ0v) is 12.5. The predicted molar refractivity (Wildman–Crippen MR) is 69.5 cm³/mol. The molecule has 0 bridgehead atoms. The molecule has 0 N–H and O–H groups in total. The van der Waals surface area contributed by atoms with Crippen molar-refractivity contribution in [2.75, 3.05) is 0 Å². The Labute approximate surface area is 112 Å². The molecular weight excluding hydrogens is 313 g/mol. The summed E-state index contributed by atoms with van der Waals surface area (Å²) >= 11 is 4.52. The average Bonchev–Trinajstić information content (AvgIpc) is 2.08. The normalized spacial score (nSPS) is 12.9. The monoisotopic (exact) mass is 326 g/mol. The van der Waals surface area contributed by atoms with Gasteiger partial charge >= 0.3 is 6.18 Å². The Morgan fingerprint density at radius 3 is 2.06 bits per heavy atom. The van der Waals surface area contributed by atoms with E-state index in [9.17, 15) is 13.2 Å². The Balaban J connectivity index is 3.37. The minimum Gasteiger partial charge on any atom is -0.166 e. The summed E-state index contributed by atoms with van der Waals surface area (Å²) in [5.74, 6) is 0. The third-order valence-electron chi connectivity index (χ3n) is 2.05. The summed E-state index contributed by atoms with van der Waals surface area (Å²) in [5.41, 5.74) is 0.0814. The summed E-state index contributed by atoms with van der Waals surface area (Å²) in [6.07, 6.45) is -4.31. The van der Waals surface area contributed by atoms with Gasteiger partial charge in [0.25, 0.3) is 0 Å². The first-order valence-electron chi connectivity index (χ1n) is 5.07. The first-order valence-corrected chi connectivity index (χ1v) is 6.68. The Morgan fingerprint density at radius 1 is 1.12 bits per heavy atom. The quantitative estimate of drug-likeness (QED) is 0.599. The van der Waals surface area contributed by atoms with Crippen LogP contribution < -0.4 is 0 Å². The van der Waals surface area contributed by atoms with E-state index >= 15 is 0 Å². The van der Waals surface area contributed by atoms with Crippen molar-refractivity contribution in [3.8, 4) is 0 Å². The van der Waals surface area contributed by atoms with Gasteiger partial charge in [0.05, 0.1) is 5.56 Å². The largest absolute Gasteiger partial charge is 0.417 e. The smallest absolute Gasteiger partial charge is 0.166 e. The van der Waals surface area contributed by atoms with Crippen molar-refractivity contribution < 1.29 is 13.2 Å². The molecule has 0 aliphatic rings. The van der Waals surface area contributed by atoms with Gasteiger partial charge in [0, 0.05) is 14.1 Å². The zero-order valence-electron chi connectivity index (χ0n) is 10.1. The summed E-state index contributed by atoms with van der Waals surface area (Å²) in [4.78, 5) is 0.305. The van der Waals surface area contributed by atoms with Crippen molar-refractivity contribution in [3.63, 3.8) is 0 Å². The number of rotatable bonds is 1. The van der Waals surface area contributed by atoms with Gasteiger partial charge in [-0.1, -0.05) is 36.7 Å². The lowest BCUT2D eigenvalue weighted by Gasteiger charge is -2.23. The molecule has 1 aromatic carbocycles.